The molecule has 4 fully saturated rings. The Morgan fingerprint density at radius 3 is 2.69 bits per heavy atom. The van der Waals surface area contributed by atoms with Crippen molar-refractivity contribution in [3.63, 3.8) is 0 Å². The Bertz CT molecular complexity index is 643. The minimum Gasteiger partial charge on any atom is -0.463 e. The smallest absolute Gasteiger partial charge is 0.306 e. The van der Waals surface area contributed by atoms with Crippen molar-refractivity contribution in [1.82, 2.24) is 0 Å². The van der Waals surface area contributed by atoms with Gasteiger partial charge in [-0.25, -0.2) is 0 Å². The molecule has 29 heavy (non-hydrogen) atoms. The summed E-state index contributed by atoms with van der Waals surface area (Å²) in [5.41, 5.74) is -0.229. The molecular weight excluding hydrogens is 364 g/mol. The van der Waals surface area contributed by atoms with Crippen LogP contribution in [-0.4, -0.2) is 28.6 Å². The third kappa shape index (κ3) is 3.79. The molecule has 0 radical (unpaired) electrons. The molecule has 0 heterocycles. The van der Waals surface area contributed by atoms with Crippen LogP contribution >= 0.6 is 0 Å². The molecule has 0 spiro atoms. The first kappa shape index (κ1) is 21.3. The summed E-state index contributed by atoms with van der Waals surface area (Å²) in [7, 11) is 0. The molecule has 0 amide bonds. The molecule has 0 bridgehead atoms. The fourth-order valence-electron chi connectivity index (χ4n) is 8.01. The number of fused-ring (bicyclic) bond motifs is 5. The molecule has 4 saturated carbocycles. The lowest BCUT2D eigenvalue weighted by Crippen LogP contribution is -2.56. The van der Waals surface area contributed by atoms with E-state index in [0.717, 1.165) is 57.8 Å². The number of carbonyl (C=O) groups excluding carboxylic acids is 2. The predicted octanol–water partition coefficient (Wildman–Crippen LogP) is 5.06. The minimum absolute atomic E-state index is 0.0515. The van der Waals surface area contributed by atoms with E-state index in [0.29, 0.717) is 47.2 Å². The Morgan fingerprint density at radius 2 is 1.93 bits per heavy atom. The van der Waals surface area contributed by atoms with Gasteiger partial charge in [0.25, 0.3) is 0 Å². The van der Waals surface area contributed by atoms with Crippen LogP contribution < -0.4 is 0 Å². The predicted molar refractivity (Wildman–Crippen MR) is 112 cm³/mol. The summed E-state index contributed by atoms with van der Waals surface area (Å²) in [6.45, 7) is 6.23. The summed E-state index contributed by atoms with van der Waals surface area (Å²) < 4.78 is 5.26. The number of esters is 1. The zero-order chi connectivity index (χ0) is 20.8. The molecule has 4 heteroatoms. The summed E-state index contributed by atoms with van der Waals surface area (Å²) in [6, 6.07) is 0. The standard InChI is InChI=1S/C25H40O4/c1-16(2)29-23(27)6-4-5-17-8-10-22-20-9-7-18-15-19(26)11-13-24(18,3)21(20)12-14-25(17,22)28/h16-18,20-22,28H,4-15H2,1-3H3/t17?,18?,20?,21?,22?,24?,25-/m0/s1. The van der Waals surface area contributed by atoms with Crippen molar-refractivity contribution in [2.24, 2.45) is 35.0 Å². The molecule has 0 aromatic carbocycles. The van der Waals surface area contributed by atoms with Gasteiger partial charge < -0.3 is 9.84 Å². The Morgan fingerprint density at radius 1 is 1.14 bits per heavy atom. The molecule has 4 rings (SSSR count). The average molecular weight is 405 g/mol. The monoisotopic (exact) mass is 404 g/mol. The summed E-state index contributed by atoms with van der Waals surface area (Å²) in [5.74, 6) is 2.99. The third-order valence-electron chi connectivity index (χ3n) is 9.41. The van der Waals surface area contributed by atoms with Gasteiger partial charge in [0.05, 0.1) is 11.7 Å². The van der Waals surface area contributed by atoms with Gasteiger partial charge >= 0.3 is 5.97 Å². The second kappa shape index (κ2) is 7.98. The van der Waals surface area contributed by atoms with E-state index in [1.54, 1.807) is 0 Å². The van der Waals surface area contributed by atoms with Crippen LogP contribution in [0.5, 0.6) is 0 Å². The van der Waals surface area contributed by atoms with Crippen molar-refractivity contribution in [1.29, 1.82) is 0 Å². The number of ketones is 1. The zero-order valence-electron chi connectivity index (χ0n) is 18.6. The van der Waals surface area contributed by atoms with Crippen LogP contribution in [0.4, 0.5) is 0 Å². The molecule has 0 saturated heterocycles. The van der Waals surface area contributed by atoms with Crippen LogP contribution in [0, 0.1) is 35.0 Å². The van der Waals surface area contributed by atoms with Crippen molar-refractivity contribution >= 4 is 11.8 Å². The van der Waals surface area contributed by atoms with Crippen LogP contribution in [0.3, 0.4) is 0 Å². The Hall–Kier alpha value is -0.900. The Labute approximate surface area is 176 Å². The molecule has 7 atom stereocenters. The summed E-state index contributed by atoms with van der Waals surface area (Å²) in [4.78, 5) is 23.9. The first-order valence-electron chi connectivity index (χ1n) is 12.2. The van der Waals surface area contributed by atoms with Crippen LogP contribution in [0.2, 0.25) is 0 Å². The first-order chi connectivity index (χ1) is 13.7. The van der Waals surface area contributed by atoms with E-state index >= 15 is 0 Å². The molecule has 0 aromatic rings. The van der Waals surface area contributed by atoms with Gasteiger partial charge in [-0.3, -0.25) is 9.59 Å². The van der Waals surface area contributed by atoms with Crippen LogP contribution in [0.1, 0.15) is 97.8 Å². The lowest BCUT2D eigenvalue weighted by atomic mass is 9.46. The third-order valence-corrected chi connectivity index (χ3v) is 9.41. The molecule has 1 N–H and O–H groups in total. The van der Waals surface area contributed by atoms with Crippen LogP contribution in [-0.2, 0) is 14.3 Å². The van der Waals surface area contributed by atoms with Crippen molar-refractivity contribution in [3.05, 3.63) is 0 Å². The lowest BCUT2D eigenvalue weighted by Gasteiger charge is -2.59. The van der Waals surface area contributed by atoms with E-state index in [1.165, 1.54) is 12.8 Å². The largest absolute Gasteiger partial charge is 0.463 e. The number of ether oxygens (including phenoxy) is 1. The van der Waals surface area contributed by atoms with E-state index in [2.05, 4.69) is 6.92 Å². The summed E-state index contributed by atoms with van der Waals surface area (Å²) in [6.07, 6.45) is 11.4. The van der Waals surface area contributed by atoms with E-state index in [4.69, 9.17) is 4.74 Å². The molecule has 4 aliphatic carbocycles. The van der Waals surface area contributed by atoms with Crippen molar-refractivity contribution < 1.29 is 19.4 Å². The highest BCUT2D eigenvalue weighted by atomic mass is 16.5. The van der Waals surface area contributed by atoms with Crippen molar-refractivity contribution in [2.75, 3.05) is 0 Å². The second-order valence-corrected chi connectivity index (χ2v) is 11.1. The molecule has 6 unspecified atom stereocenters. The minimum atomic E-state index is -0.531. The van der Waals surface area contributed by atoms with Gasteiger partial charge in [0.2, 0.25) is 0 Å². The molecule has 4 aliphatic rings. The normalized spacial score (nSPS) is 44.2. The maximum Gasteiger partial charge on any atom is 0.306 e. The lowest BCUT2D eigenvalue weighted by molar-refractivity contribution is -0.161. The van der Waals surface area contributed by atoms with Gasteiger partial charge in [0.1, 0.15) is 5.78 Å². The molecular formula is C25H40O4. The van der Waals surface area contributed by atoms with Crippen LogP contribution in [0.15, 0.2) is 0 Å². The quantitative estimate of drug-likeness (QED) is 0.651. The van der Waals surface area contributed by atoms with Gasteiger partial charge in [0, 0.05) is 19.3 Å². The number of hydrogen-bond donors (Lipinski definition) is 1. The topological polar surface area (TPSA) is 63.6 Å². The molecule has 0 aromatic heterocycles. The van der Waals surface area contributed by atoms with Gasteiger partial charge in [-0.2, -0.15) is 0 Å². The maximum absolute atomic E-state index is 12.0. The van der Waals surface area contributed by atoms with E-state index in [-0.39, 0.29) is 12.1 Å². The number of Topliss-reactive ketones (excluding diaryl/α,β-unsaturated/α-hetero) is 1. The first-order valence-corrected chi connectivity index (χ1v) is 12.2. The Balaban J connectivity index is 1.40. The summed E-state index contributed by atoms with van der Waals surface area (Å²) in [5, 5.41) is 11.8. The zero-order valence-corrected chi connectivity index (χ0v) is 18.6. The highest BCUT2D eigenvalue weighted by Gasteiger charge is 2.61. The number of aliphatic hydroxyl groups is 1. The molecule has 0 aliphatic heterocycles. The number of hydrogen-bond acceptors (Lipinski definition) is 4. The number of carbonyl (C=O) groups is 2. The van der Waals surface area contributed by atoms with Crippen LogP contribution in [0.25, 0.3) is 0 Å². The van der Waals surface area contributed by atoms with Crippen molar-refractivity contribution in [2.45, 2.75) is 110 Å². The second-order valence-electron chi connectivity index (χ2n) is 11.1. The van der Waals surface area contributed by atoms with Gasteiger partial charge in [0.15, 0.2) is 0 Å². The van der Waals surface area contributed by atoms with Gasteiger partial charge in [-0.1, -0.05) is 6.92 Å². The van der Waals surface area contributed by atoms with Gasteiger partial charge in [-0.05, 0) is 107 Å². The summed E-state index contributed by atoms with van der Waals surface area (Å²) >= 11 is 0. The Kier molecular flexibility index (Phi) is 5.87. The number of rotatable bonds is 5. The SMILES string of the molecule is CC(C)OC(=O)CCCC1CCC2C3CCC4CC(=O)CCC4(C)C3CC[C@]12O. The molecule has 164 valence electrons. The highest BCUT2D eigenvalue weighted by molar-refractivity contribution is 5.79. The average Bonchev–Trinajstić information content (AvgIpc) is 2.98. The van der Waals surface area contributed by atoms with E-state index in [1.807, 2.05) is 13.8 Å². The fourth-order valence-corrected chi connectivity index (χ4v) is 8.01. The van der Waals surface area contributed by atoms with Gasteiger partial charge in [-0.15, -0.1) is 0 Å². The fraction of sp³-hybridized carbons (Fsp3) is 0.920. The van der Waals surface area contributed by atoms with Crippen molar-refractivity contribution in [3.8, 4) is 0 Å². The van der Waals surface area contributed by atoms with E-state index < -0.39 is 5.60 Å². The molecule has 4 nitrogen and oxygen atoms in total. The van der Waals surface area contributed by atoms with E-state index in [9.17, 15) is 14.7 Å². The highest BCUT2D eigenvalue weighted by Crippen LogP contribution is 2.64. The maximum atomic E-state index is 12.0.